The van der Waals surface area contributed by atoms with Gasteiger partial charge in [0.05, 0.1) is 0 Å². The summed E-state index contributed by atoms with van der Waals surface area (Å²) in [7, 11) is 6.65. The van der Waals surface area contributed by atoms with Crippen LogP contribution in [0.25, 0.3) is 0 Å². The van der Waals surface area contributed by atoms with Crippen LogP contribution in [0.4, 0.5) is 0 Å². The molecular formula is C12H26N2. The molecule has 1 unspecified atom stereocenters. The Hall–Kier alpha value is -0.0800. The number of hydrogen-bond acceptors (Lipinski definition) is 2. The zero-order chi connectivity index (χ0) is 11.1. The van der Waals surface area contributed by atoms with Crippen LogP contribution in [0.5, 0.6) is 0 Å². The molecule has 0 saturated carbocycles. The third-order valence-corrected chi connectivity index (χ3v) is 4.24. The first kappa shape index (κ1) is 12.0. The molecule has 0 amide bonds. The first-order valence-electron chi connectivity index (χ1n) is 5.60. The van der Waals surface area contributed by atoms with Crippen LogP contribution in [0.1, 0.15) is 40.5 Å². The zero-order valence-electron chi connectivity index (χ0n) is 10.9. The second-order valence-corrected chi connectivity index (χ2v) is 6.04. The maximum Gasteiger partial charge on any atom is 0.0310 e. The summed E-state index contributed by atoms with van der Waals surface area (Å²) in [6.07, 6.45) is 2.59. The van der Waals surface area contributed by atoms with Crippen molar-refractivity contribution in [3.8, 4) is 0 Å². The smallest absolute Gasteiger partial charge is 0.0310 e. The largest absolute Gasteiger partial charge is 0.305 e. The van der Waals surface area contributed by atoms with Crippen LogP contribution < -0.4 is 0 Å². The molecule has 1 aliphatic heterocycles. The fourth-order valence-corrected chi connectivity index (χ4v) is 2.90. The van der Waals surface area contributed by atoms with E-state index in [9.17, 15) is 0 Å². The zero-order valence-corrected chi connectivity index (χ0v) is 10.9. The molecule has 0 bridgehead atoms. The summed E-state index contributed by atoms with van der Waals surface area (Å²) in [4.78, 5) is 4.90. The minimum absolute atomic E-state index is 0.269. The fraction of sp³-hybridized carbons (Fsp3) is 1.00. The van der Waals surface area contributed by atoms with Crippen LogP contribution >= 0.6 is 0 Å². The van der Waals surface area contributed by atoms with Crippen LogP contribution in [0.2, 0.25) is 0 Å². The maximum absolute atomic E-state index is 2.54. The van der Waals surface area contributed by atoms with E-state index in [0.29, 0.717) is 11.6 Å². The molecule has 0 aromatic carbocycles. The summed E-state index contributed by atoms with van der Waals surface area (Å²) in [5, 5.41) is 0. The molecule has 1 rings (SSSR count). The quantitative estimate of drug-likeness (QED) is 0.637. The summed E-state index contributed by atoms with van der Waals surface area (Å²) in [6, 6.07) is 0.667. The number of piperidine rings is 1. The molecule has 0 aromatic heterocycles. The summed E-state index contributed by atoms with van der Waals surface area (Å²) >= 11 is 0. The van der Waals surface area contributed by atoms with Gasteiger partial charge in [-0.2, -0.15) is 0 Å². The van der Waals surface area contributed by atoms with Crippen molar-refractivity contribution < 1.29 is 0 Å². The third kappa shape index (κ3) is 1.82. The van der Waals surface area contributed by atoms with Gasteiger partial charge in [0.25, 0.3) is 0 Å². The number of rotatable bonds is 1. The Kier molecular flexibility index (Phi) is 2.99. The molecule has 1 fully saturated rings. The molecule has 2 heteroatoms. The highest BCUT2D eigenvalue weighted by Gasteiger charge is 2.45. The van der Waals surface area contributed by atoms with Crippen LogP contribution in [0.3, 0.4) is 0 Å². The first-order valence-corrected chi connectivity index (χ1v) is 5.60. The van der Waals surface area contributed by atoms with E-state index < -0.39 is 0 Å². The topological polar surface area (TPSA) is 6.48 Å². The third-order valence-electron chi connectivity index (χ3n) is 4.24. The monoisotopic (exact) mass is 198 g/mol. The van der Waals surface area contributed by atoms with Crippen LogP contribution in [0, 0.1) is 0 Å². The minimum atomic E-state index is 0.269. The van der Waals surface area contributed by atoms with Gasteiger partial charge in [0.2, 0.25) is 0 Å². The van der Waals surface area contributed by atoms with Gasteiger partial charge in [-0.25, -0.2) is 0 Å². The molecule has 0 spiro atoms. The van der Waals surface area contributed by atoms with Gasteiger partial charge >= 0.3 is 0 Å². The second-order valence-electron chi connectivity index (χ2n) is 6.04. The first-order chi connectivity index (χ1) is 6.19. The van der Waals surface area contributed by atoms with Gasteiger partial charge in [0, 0.05) is 17.1 Å². The molecule has 1 aliphatic rings. The lowest BCUT2D eigenvalue weighted by Crippen LogP contribution is -2.65. The molecule has 0 N–H and O–H groups in total. The summed E-state index contributed by atoms with van der Waals surface area (Å²) in [6.45, 7) is 9.42. The number of likely N-dealkylation sites (N-methyl/N-ethyl adjacent to an activating group) is 2. The van der Waals surface area contributed by atoms with Crippen molar-refractivity contribution in [2.45, 2.75) is 57.7 Å². The van der Waals surface area contributed by atoms with Crippen molar-refractivity contribution in [2.75, 3.05) is 21.1 Å². The Morgan fingerprint density at radius 2 is 1.64 bits per heavy atom. The minimum Gasteiger partial charge on any atom is -0.305 e. The average molecular weight is 198 g/mol. The van der Waals surface area contributed by atoms with Gasteiger partial charge in [-0.3, -0.25) is 4.90 Å². The number of likely N-dealkylation sites (tertiary alicyclic amines) is 1. The van der Waals surface area contributed by atoms with E-state index in [2.05, 4.69) is 58.6 Å². The average Bonchev–Trinajstić information content (AvgIpc) is 1.99. The van der Waals surface area contributed by atoms with Gasteiger partial charge in [0.1, 0.15) is 0 Å². The fourth-order valence-electron chi connectivity index (χ4n) is 2.90. The Morgan fingerprint density at radius 1 is 1.14 bits per heavy atom. The van der Waals surface area contributed by atoms with Crippen molar-refractivity contribution in [2.24, 2.45) is 0 Å². The predicted molar refractivity (Wildman–Crippen MR) is 62.6 cm³/mol. The molecule has 0 aromatic rings. The van der Waals surface area contributed by atoms with Crippen LogP contribution in [-0.2, 0) is 0 Å². The molecule has 84 valence electrons. The SMILES string of the molecule is CN(C)C1CCC(C)(C)N(C)C1(C)C. The lowest BCUT2D eigenvalue weighted by molar-refractivity contribution is -0.0547. The van der Waals surface area contributed by atoms with E-state index in [1.807, 2.05) is 0 Å². The molecular weight excluding hydrogens is 172 g/mol. The Morgan fingerprint density at radius 3 is 2.07 bits per heavy atom. The Bertz CT molecular complexity index is 202. The molecule has 1 atom stereocenters. The van der Waals surface area contributed by atoms with Crippen molar-refractivity contribution >= 4 is 0 Å². The van der Waals surface area contributed by atoms with Crippen molar-refractivity contribution in [1.29, 1.82) is 0 Å². The van der Waals surface area contributed by atoms with Crippen molar-refractivity contribution in [1.82, 2.24) is 9.80 Å². The van der Waals surface area contributed by atoms with E-state index in [4.69, 9.17) is 0 Å². The molecule has 2 nitrogen and oxygen atoms in total. The van der Waals surface area contributed by atoms with Gasteiger partial charge < -0.3 is 4.90 Å². The second kappa shape index (κ2) is 3.49. The van der Waals surface area contributed by atoms with Crippen molar-refractivity contribution in [3.05, 3.63) is 0 Å². The highest BCUT2D eigenvalue weighted by atomic mass is 15.3. The molecule has 1 heterocycles. The van der Waals surface area contributed by atoms with Crippen molar-refractivity contribution in [3.63, 3.8) is 0 Å². The van der Waals surface area contributed by atoms with E-state index >= 15 is 0 Å². The standard InChI is InChI=1S/C12H26N2/c1-11(2)9-8-10(13(5)6)12(3,4)14(11)7/h10H,8-9H2,1-7H3. The Balaban J connectivity index is 2.91. The van der Waals surface area contributed by atoms with Gasteiger partial charge in [0.15, 0.2) is 0 Å². The van der Waals surface area contributed by atoms with Gasteiger partial charge in [-0.15, -0.1) is 0 Å². The van der Waals surface area contributed by atoms with Gasteiger partial charge in [-0.05, 0) is 61.7 Å². The van der Waals surface area contributed by atoms with Gasteiger partial charge in [-0.1, -0.05) is 0 Å². The van der Waals surface area contributed by atoms with E-state index in [1.54, 1.807) is 0 Å². The summed E-state index contributed by atoms with van der Waals surface area (Å²) in [5.41, 5.74) is 0.612. The van der Waals surface area contributed by atoms with E-state index in [0.717, 1.165) is 0 Å². The molecule has 14 heavy (non-hydrogen) atoms. The number of hydrogen-bond donors (Lipinski definition) is 0. The summed E-state index contributed by atoms with van der Waals surface area (Å²) < 4.78 is 0. The lowest BCUT2D eigenvalue weighted by atomic mass is 9.76. The molecule has 0 radical (unpaired) electrons. The summed E-state index contributed by atoms with van der Waals surface area (Å²) in [5.74, 6) is 0. The molecule has 0 aliphatic carbocycles. The predicted octanol–water partition coefficient (Wildman–Crippen LogP) is 2.20. The maximum atomic E-state index is 2.54. The van der Waals surface area contributed by atoms with Crippen LogP contribution in [-0.4, -0.2) is 48.1 Å². The van der Waals surface area contributed by atoms with Crippen LogP contribution in [0.15, 0.2) is 0 Å². The number of nitrogens with zero attached hydrogens (tertiary/aromatic N) is 2. The van der Waals surface area contributed by atoms with E-state index in [-0.39, 0.29) is 5.54 Å². The lowest BCUT2D eigenvalue weighted by Gasteiger charge is -2.56. The highest BCUT2D eigenvalue weighted by Crippen LogP contribution is 2.38. The molecule has 1 saturated heterocycles. The van der Waals surface area contributed by atoms with E-state index in [1.165, 1.54) is 12.8 Å². The normalized spacial score (nSPS) is 32.1. The highest BCUT2D eigenvalue weighted by molar-refractivity contribution is 5.03. The Labute approximate surface area is 89.3 Å².